The maximum absolute atomic E-state index is 6.31. The summed E-state index contributed by atoms with van der Waals surface area (Å²) in [4.78, 5) is 2.33. The minimum absolute atomic E-state index is 0.112. The van der Waals surface area contributed by atoms with Crippen molar-refractivity contribution in [2.24, 2.45) is 0 Å². The normalized spacial score (nSPS) is 23.0. The SMILES string of the molecule is CN1CCC[C@@H](c2ccccc2)[C@H]1Oc1ccc(I)cc1. The second-order valence-corrected chi connectivity index (χ2v) is 6.85. The van der Waals surface area contributed by atoms with Gasteiger partial charge in [-0.25, -0.2) is 0 Å². The van der Waals surface area contributed by atoms with Gasteiger partial charge in [0.05, 0.1) is 0 Å². The Labute approximate surface area is 140 Å². The lowest BCUT2D eigenvalue weighted by molar-refractivity contribution is -0.00340. The van der Waals surface area contributed by atoms with Crippen molar-refractivity contribution in [2.75, 3.05) is 13.6 Å². The van der Waals surface area contributed by atoms with Crippen LogP contribution in [0.15, 0.2) is 54.6 Å². The first-order valence-corrected chi connectivity index (χ1v) is 8.49. The number of nitrogens with zero attached hydrogens (tertiary/aromatic N) is 1. The number of likely N-dealkylation sites (tertiary alicyclic amines) is 1. The zero-order valence-electron chi connectivity index (χ0n) is 12.2. The number of hydrogen-bond donors (Lipinski definition) is 0. The van der Waals surface area contributed by atoms with Crippen LogP contribution in [0.4, 0.5) is 0 Å². The molecule has 1 saturated heterocycles. The summed E-state index contributed by atoms with van der Waals surface area (Å²) < 4.78 is 7.55. The topological polar surface area (TPSA) is 12.5 Å². The molecule has 0 aromatic heterocycles. The van der Waals surface area contributed by atoms with Crippen LogP contribution in [0.25, 0.3) is 0 Å². The Morgan fingerprint density at radius 3 is 2.48 bits per heavy atom. The molecule has 2 aromatic carbocycles. The third kappa shape index (κ3) is 3.58. The molecule has 0 N–H and O–H groups in total. The summed E-state index contributed by atoms with van der Waals surface area (Å²) in [7, 11) is 2.16. The lowest BCUT2D eigenvalue weighted by Gasteiger charge is -2.39. The summed E-state index contributed by atoms with van der Waals surface area (Å²) in [6.07, 6.45) is 2.52. The van der Waals surface area contributed by atoms with Gasteiger partial charge in [0.25, 0.3) is 0 Å². The Balaban J connectivity index is 1.83. The maximum Gasteiger partial charge on any atom is 0.159 e. The predicted molar refractivity (Wildman–Crippen MR) is 94.6 cm³/mol. The van der Waals surface area contributed by atoms with Crippen molar-refractivity contribution in [1.82, 2.24) is 4.90 Å². The van der Waals surface area contributed by atoms with E-state index in [2.05, 4.69) is 89.1 Å². The molecule has 3 rings (SSSR count). The fourth-order valence-corrected chi connectivity index (χ4v) is 3.35. The van der Waals surface area contributed by atoms with E-state index in [-0.39, 0.29) is 6.23 Å². The van der Waals surface area contributed by atoms with Crippen molar-refractivity contribution in [3.8, 4) is 5.75 Å². The molecule has 1 aliphatic heterocycles. The molecule has 1 fully saturated rings. The van der Waals surface area contributed by atoms with Crippen LogP contribution in [0.1, 0.15) is 24.3 Å². The number of hydrogen-bond acceptors (Lipinski definition) is 2. The summed E-state index contributed by atoms with van der Waals surface area (Å²) >= 11 is 2.32. The molecule has 21 heavy (non-hydrogen) atoms. The molecule has 0 amide bonds. The van der Waals surface area contributed by atoms with E-state index in [1.54, 1.807) is 0 Å². The van der Waals surface area contributed by atoms with Crippen molar-refractivity contribution < 1.29 is 4.74 Å². The van der Waals surface area contributed by atoms with Gasteiger partial charge in [-0.2, -0.15) is 0 Å². The summed E-state index contributed by atoms with van der Waals surface area (Å²) in [5.41, 5.74) is 1.37. The fraction of sp³-hybridized carbons (Fsp3) is 0.333. The van der Waals surface area contributed by atoms with E-state index >= 15 is 0 Å². The Bertz CT molecular complexity index is 570. The van der Waals surface area contributed by atoms with Gasteiger partial charge in [-0.3, -0.25) is 4.90 Å². The highest BCUT2D eigenvalue weighted by atomic mass is 127. The molecule has 0 bridgehead atoms. The van der Waals surface area contributed by atoms with Crippen molar-refractivity contribution in [1.29, 1.82) is 0 Å². The van der Waals surface area contributed by atoms with Crippen LogP contribution in [0.3, 0.4) is 0 Å². The highest BCUT2D eigenvalue weighted by Gasteiger charge is 2.31. The molecule has 2 atom stereocenters. The van der Waals surface area contributed by atoms with Gasteiger partial charge in [-0.1, -0.05) is 30.3 Å². The quantitative estimate of drug-likeness (QED) is 0.712. The molecule has 2 aromatic rings. The van der Waals surface area contributed by atoms with E-state index in [0.717, 1.165) is 12.3 Å². The van der Waals surface area contributed by atoms with Gasteiger partial charge in [0.15, 0.2) is 6.23 Å². The summed E-state index contributed by atoms with van der Waals surface area (Å²) in [6, 6.07) is 19.1. The first-order valence-electron chi connectivity index (χ1n) is 7.41. The number of likely N-dealkylation sites (N-methyl/N-ethyl adjacent to an activating group) is 1. The molecule has 110 valence electrons. The zero-order chi connectivity index (χ0) is 14.7. The van der Waals surface area contributed by atoms with Crippen molar-refractivity contribution in [3.63, 3.8) is 0 Å². The molecule has 3 heteroatoms. The van der Waals surface area contributed by atoms with Gasteiger partial charge >= 0.3 is 0 Å². The molecule has 1 aliphatic rings. The fourth-order valence-electron chi connectivity index (χ4n) is 2.99. The van der Waals surface area contributed by atoms with E-state index < -0.39 is 0 Å². The van der Waals surface area contributed by atoms with E-state index in [1.165, 1.54) is 22.0 Å². The first kappa shape index (κ1) is 14.9. The Hall–Kier alpha value is -1.07. The van der Waals surface area contributed by atoms with E-state index in [9.17, 15) is 0 Å². The standard InChI is InChI=1S/C18H20INO/c1-20-13-5-8-17(14-6-3-2-4-7-14)18(20)21-16-11-9-15(19)10-12-16/h2-4,6-7,9-12,17-18H,5,8,13H2,1H3/t17-,18+/m0/s1. The average Bonchev–Trinajstić information content (AvgIpc) is 2.52. The minimum Gasteiger partial charge on any atom is -0.474 e. The lowest BCUT2D eigenvalue weighted by atomic mass is 9.89. The van der Waals surface area contributed by atoms with Gasteiger partial charge in [0.2, 0.25) is 0 Å². The second-order valence-electron chi connectivity index (χ2n) is 5.60. The zero-order valence-corrected chi connectivity index (χ0v) is 14.4. The smallest absolute Gasteiger partial charge is 0.159 e. The largest absolute Gasteiger partial charge is 0.474 e. The van der Waals surface area contributed by atoms with Crippen LogP contribution in [0.5, 0.6) is 5.75 Å². The molecular formula is C18H20INO. The number of halogens is 1. The van der Waals surface area contributed by atoms with Crippen molar-refractivity contribution in [3.05, 3.63) is 63.7 Å². The molecule has 0 radical (unpaired) electrons. The van der Waals surface area contributed by atoms with Gasteiger partial charge in [-0.05, 0) is 72.3 Å². The van der Waals surface area contributed by atoms with Gasteiger partial charge in [0.1, 0.15) is 5.75 Å². The monoisotopic (exact) mass is 393 g/mol. The highest BCUT2D eigenvalue weighted by Crippen LogP contribution is 2.33. The second kappa shape index (κ2) is 6.79. The number of piperidine rings is 1. The van der Waals surface area contributed by atoms with Crippen LogP contribution in [0, 0.1) is 3.57 Å². The van der Waals surface area contributed by atoms with Crippen LogP contribution < -0.4 is 4.74 Å². The van der Waals surface area contributed by atoms with E-state index in [0.29, 0.717) is 5.92 Å². The molecular weight excluding hydrogens is 373 g/mol. The number of ether oxygens (including phenoxy) is 1. The summed E-state index contributed by atoms with van der Waals surface area (Å²) in [6.45, 7) is 1.10. The van der Waals surface area contributed by atoms with Crippen LogP contribution in [-0.2, 0) is 0 Å². The van der Waals surface area contributed by atoms with E-state index in [4.69, 9.17) is 4.74 Å². The Morgan fingerprint density at radius 2 is 1.76 bits per heavy atom. The maximum atomic E-state index is 6.31. The number of benzene rings is 2. The highest BCUT2D eigenvalue weighted by molar-refractivity contribution is 14.1. The molecule has 2 nitrogen and oxygen atoms in total. The van der Waals surface area contributed by atoms with Crippen LogP contribution in [-0.4, -0.2) is 24.7 Å². The van der Waals surface area contributed by atoms with Crippen LogP contribution in [0.2, 0.25) is 0 Å². The summed E-state index contributed by atoms with van der Waals surface area (Å²) in [5, 5.41) is 0. The van der Waals surface area contributed by atoms with Crippen LogP contribution >= 0.6 is 22.6 Å². The van der Waals surface area contributed by atoms with E-state index in [1.807, 2.05) is 0 Å². The Kier molecular flexibility index (Phi) is 4.80. The molecule has 0 spiro atoms. The molecule has 0 unspecified atom stereocenters. The molecule has 0 aliphatic carbocycles. The van der Waals surface area contributed by atoms with Gasteiger partial charge in [-0.15, -0.1) is 0 Å². The third-order valence-corrected chi connectivity index (χ3v) is 4.82. The van der Waals surface area contributed by atoms with Crippen molar-refractivity contribution >= 4 is 22.6 Å². The predicted octanol–water partition coefficient (Wildman–Crippen LogP) is 4.51. The molecule has 0 saturated carbocycles. The third-order valence-electron chi connectivity index (χ3n) is 4.10. The molecule has 1 heterocycles. The Morgan fingerprint density at radius 1 is 1.05 bits per heavy atom. The first-order chi connectivity index (χ1) is 10.2. The van der Waals surface area contributed by atoms with Gasteiger partial charge < -0.3 is 4.74 Å². The number of rotatable bonds is 3. The lowest BCUT2D eigenvalue weighted by Crippen LogP contribution is -2.45. The van der Waals surface area contributed by atoms with Crippen molar-refractivity contribution in [2.45, 2.75) is 25.0 Å². The summed E-state index contributed by atoms with van der Waals surface area (Å²) in [5.74, 6) is 1.39. The minimum atomic E-state index is 0.112. The van der Waals surface area contributed by atoms with Gasteiger partial charge in [0, 0.05) is 16.0 Å². The average molecular weight is 393 g/mol.